The van der Waals surface area contributed by atoms with Gasteiger partial charge in [0.15, 0.2) is 0 Å². The van der Waals surface area contributed by atoms with Crippen molar-refractivity contribution in [2.75, 3.05) is 38.1 Å². The number of pyridine rings is 2. The summed E-state index contributed by atoms with van der Waals surface area (Å²) in [5, 5.41) is 3.23. The lowest BCUT2D eigenvalue weighted by molar-refractivity contribution is 0.0566. The van der Waals surface area contributed by atoms with Gasteiger partial charge in [-0.05, 0) is 31.2 Å². The molecule has 8 nitrogen and oxygen atoms in total. The van der Waals surface area contributed by atoms with E-state index in [2.05, 4.69) is 15.3 Å². The zero-order valence-electron chi connectivity index (χ0n) is 15.3. The summed E-state index contributed by atoms with van der Waals surface area (Å²) in [6.07, 6.45) is 3.06. The van der Waals surface area contributed by atoms with E-state index in [0.29, 0.717) is 45.0 Å². The minimum Gasteiger partial charge on any atom is -0.450 e. The van der Waals surface area contributed by atoms with Crippen LogP contribution in [-0.4, -0.2) is 64.6 Å². The molecule has 0 unspecified atom stereocenters. The molecule has 0 saturated carbocycles. The summed E-state index contributed by atoms with van der Waals surface area (Å²) in [4.78, 5) is 36.2. The number of aromatic nitrogens is 2. The summed E-state index contributed by atoms with van der Waals surface area (Å²) in [6.45, 7) is 4.59. The van der Waals surface area contributed by atoms with Gasteiger partial charge < -0.3 is 19.9 Å². The highest BCUT2D eigenvalue weighted by Crippen LogP contribution is 2.12. The second-order valence-electron chi connectivity index (χ2n) is 6.08. The summed E-state index contributed by atoms with van der Waals surface area (Å²) < 4.78 is 4.99. The Labute approximate surface area is 158 Å². The number of carbonyl (C=O) groups excluding carboxylic acids is 2. The van der Waals surface area contributed by atoms with Gasteiger partial charge >= 0.3 is 6.09 Å². The van der Waals surface area contributed by atoms with E-state index in [-0.39, 0.29) is 12.0 Å². The summed E-state index contributed by atoms with van der Waals surface area (Å²) in [5.74, 6) is -0.130. The maximum Gasteiger partial charge on any atom is 0.409 e. The van der Waals surface area contributed by atoms with Crippen molar-refractivity contribution in [1.29, 1.82) is 0 Å². The highest BCUT2D eigenvalue weighted by atomic mass is 16.6. The normalized spacial score (nSPS) is 14.0. The second kappa shape index (κ2) is 8.98. The molecular weight excluding hydrogens is 346 g/mol. The van der Waals surface area contributed by atoms with E-state index >= 15 is 0 Å². The number of nitrogens with zero attached hydrogens (tertiary/aromatic N) is 4. The van der Waals surface area contributed by atoms with Crippen molar-refractivity contribution in [1.82, 2.24) is 19.8 Å². The molecule has 3 rings (SSSR count). The van der Waals surface area contributed by atoms with E-state index in [1.165, 1.54) is 0 Å². The predicted octanol–water partition coefficient (Wildman–Crippen LogP) is 2.00. The maximum atomic E-state index is 12.6. The van der Waals surface area contributed by atoms with Crippen molar-refractivity contribution >= 4 is 17.7 Å². The van der Waals surface area contributed by atoms with Crippen LogP contribution in [0.4, 0.5) is 10.5 Å². The lowest BCUT2D eigenvalue weighted by atomic mass is 10.2. The molecule has 1 N–H and O–H groups in total. The smallest absolute Gasteiger partial charge is 0.409 e. The standard InChI is InChI=1S/C19H23N5O3/c1-2-27-19(26)24-11-9-23(10-12-24)18(25)17-7-6-16(14-22-17)21-13-15-5-3-4-8-20-15/h3-8,14,21H,2,9-13H2,1H3. The minimum atomic E-state index is -0.328. The van der Waals surface area contributed by atoms with Crippen LogP contribution in [0.25, 0.3) is 0 Å². The van der Waals surface area contributed by atoms with Crippen molar-refractivity contribution in [3.05, 3.63) is 54.1 Å². The molecule has 2 amide bonds. The van der Waals surface area contributed by atoms with Gasteiger partial charge in [-0.2, -0.15) is 0 Å². The van der Waals surface area contributed by atoms with Crippen molar-refractivity contribution in [3.63, 3.8) is 0 Å². The summed E-state index contributed by atoms with van der Waals surface area (Å²) in [7, 11) is 0. The molecule has 2 aromatic rings. The Bertz CT molecular complexity index is 759. The SMILES string of the molecule is CCOC(=O)N1CCN(C(=O)c2ccc(NCc3ccccn3)cn2)CC1. The van der Waals surface area contributed by atoms with Crippen molar-refractivity contribution in [3.8, 4) is 0 Å². The lowest BCUT2D eigenvalue weighted by Crippen LogP contribution is -2.50. The fraction of sp³-hybridized carbons (Fsp3) is 0.368. The van der Waals surface area contributed by atoms with Gasteiger partial charge in [0.25, 0.3) is 5.91 Å². The van der Waals surface area contributed by atoms with Gasteiger partial charge in [-0.1, -0.05) is 6.07 Å². The number of nitrogens with one attached hydrogen (secondary N) is 1. The monoisotopic (exact) mass is 369 g/mol. The molecule has 1 saturated heterocycles. The fourth-order valence-electron chi connectivity index (χ4n) is 2.79. The van der Waals surface area contributed by atoms with Crippen LogP contribution in [-0.2, 0) is 11.3 Å². The predicted molar refractivity (Wildman–Crippen MR) is 100 cm³/mol. The first-order valence-electron chi connectivity index (χ1n) is 8.98. The maximum absolute atomic E-state index is 12.6. The van der Waals surface area contributed by atoms with Crippen LogP contribution in [0.5, 0.6) is 0 Å². The average molecular weight is 369 g/mol. The van der Waals surface area contributed by atoms with Gasteiger partial charge in [-0.3, -0.25) is 9.78 Å². The van der Waals surface area contributed by atoms with Crippen molar-refractivity contribution in [2.24, 2.45) is 0 Å². The molecule has 0 bridgehead atoms. The zero-order chi connectivity index (χ0) is 19.1. The largest absolute Gasteiger partial charge is 0.450 e. The Balaban J connectivity index is 1.51. The number of hydrogen-bond donors (Lipinski definition) is 1. The van der Waals surface area contributed by atoms with Crippen LogP contribution in [0, 0.1) is 0 Å². The molecular formula is C19H23N5O3. The fourth-order valence-corrected chi connectivity index (χ4v) is 2.79. The Hall–Kier alpha value is -3.16. The molecule has 0 aromatic carbocycles. The highest BCUT2D eigenvalue weighted by Gasteiger charge is 2.25. The molecule has 1 fully saturated rings. The van der Waals surface area contributed by atoms with Gasteiger partial charge in [0.1, 0.15) is 5.69 Å². The van der Waals surface area contributed by atoms with Crippen LogP contribution >= 0.6 is 0 Å². The van der Waals surface area contributed by atoms with Gasteiger partial charge in [-0.15, -0.1) is 0 Å². The average Bonchev–Trinajstić information content (AvgIpc) is 2.73. The molecule has 142 valence electrons. The summed E-state index contributed by atoms with van der Waals surface area (Å²) in [6, 6.07) is 9.29. The Morgan fingerprint density at radius 3 is 2.48 bits per heavy atom. The number of amides is 2. The number of piperazine rings is 1. The van der Waals surface area contributed by atoms with E-state index in [1.807, 2.05) is 24.3 Å². The van der Waals surface area contributed by atoms with Gasteiger partial charge in [0.05, 0.1) is 30.7 Å². The first kappa shape index (κ1) is 18.6. The molecule has 8 heteroatoms. The third-order valence-electron chi connectivity index (χ3n) is 4.28. The molecule has 0 aliphatic carbocycles. The Kier molecular flexibility index (Phi) is 6.19. The van der Waals surface area contributed by atoms with E-state index in [9.17, 15) is 9.59 Å². The molecule has 27 heavy (non-hydrogen) atoms. The molecule has 2 aromatic heterocycles. The Morgan fingerprint density at radius 1 is 1.07 bits per heavy atom. The quantitative estimate of drug-likeness (QED) is 0.867. The lowest BCUT2D eigenvalue weighted by Gasteiger charge is -2.33. The van der Waals surface area contributed by atoms with Crippen molar-refractivity contribution < 1.29 is 14.3 Å². The van der Waals surface area contributed by atoms with Gasteiger partial charge in [-0.25, -0.2) is 9.78 Å². The van der Waals surface area contributed by atoms with Crippen LogP contribution in [0.15, 0.2) is 42.7 Å². The van der Waals surface area contributed by atoms with E-state index < -0.39 is 0 Å². The molecule has 0 atom stereocenters. The molecule has 1 aliphatic heterocycles. The first-order chi connectivity index (χ1) is 13.2. The number of ether oxygens (including phenoxy) is 1. The van der Waals surface area contributed by atoms with Crippen LogP contribution in [0.1, 0.15) is 23.1 Å². The number of rotatable bonds is 5. The molecule has 1 aliphatic rings. The summed E-state index contributed by atoms with van der Waals surface area (Å²) >= 11 is 0. The number of hydrogen-bond acceptors (Lipinski definition) is 6. The van der Waals surface area contributed by atoms with Crippen LogP contribution in [0.2, 0.25) is 0 Å². The van der Waals surface area contributed by atoms with E-state index in [4.69, 9.17) is 4.74 Å². The van der Waals surface area contributed by atoms with Crippen LogP contribution < -0.4 is 5.32 Å². The van der Waals surface area contributed by atoms with Gasteiger partial charge in [0, 0.05) is 32.4 Å². The third-order valence-corrected chi connectivity index (χ3v) is 4.28. The Morgan fingerprint density at radius 2 is 1.85 bits per heavy atom. The summed E-state index contributed by atoms with van der Waals surface area (Å²) in [5.41, 5.74) is 2.14. The molecule has 0 radical (unpaired) electrons. The topological polar surface area (TPSA) is 87.7 Å². The van der Waals surface area contributed by atoms with Gasteiger partial charge in [0.2, 0.25) is 0 Å². The molecule has 3 heterocycles. The third kappa shape index (κ3) is 4.93. The first-order valence-corrected chi connectivity index (χ1v) is 8.98. The second-order valence-corrected chi connectivity index (χ2v) is 6.08. The number of anilines is 1. The minimum absolute atomic E-state index is 0.130. The van der Waals surface area contributed by atoms with Crippen molar-refractivity contribution in [2.45, 2.75) is 13.5 Å². The highest BCUT2D eigenvalue weighted by molar-refractivity contribution is 5.92. The van der Waals surface area contributed by atoms with E-state index in [0.717, 1.165) is 11.4 Å². The number of carbonyl (C=O) groups is 2. The zero-order valence-corrected chi connectivity index (χ0v) is 15.3. The van der Waals surface area contributed by atoms with Crippen LogP contribution in [0.3, 0.4) is 0 Å². The van der Waals surface area contributed by atoms with E-state index in [1.54, 1.807) is 35.2 Å². The molecule has 0 spiro atoms.